The largest absolute Gasteiger partial charge is 0.395 e. The molecule has 1 aromatic carbocycles. The monoisotopic (exact) mass is 831 g/mol. The SMILES string of the molecule is CCn1nc(C)cc1C(=O)Nc1nc2cc(C(N)=O)cc(NCCN3C[C@H]4C[C@@H]3CN4)c2n1C/C=C/Cn1c(NC(=O)c2c(N)c(C)nn2CC)nc2cc(C(N)=O)cnc21. The van der Waals surface area contributed by atoms with Crippen molar-refractivity contribution < 1.29 is 19.2 Å². The van der Waals surface area contributed by atoms with Gasteiger partial charge < -0.3 is 32.4 Å². The number of hydrogen-bond donors (Lipinski definition) is 7. The first kappa shape index (κ1) is 40.6. The lowest BCUT2D eigenvalue weighted by molar-refractivity contribution is 0.0992. The third-order valence-electron chi connectivity index (χ3n) is 11.2. The van der Waals surface area contributed by atoms with Gasteiger partial charge in [-0.25, -0.2) is 15.0 Å². The van der Waals surface area contributed by atoms with E-state index < -0.39 is 23.6 Å². The van der Waals surface area contributed by atoms with Gasteiger partial charge in [0.25, 0.3) is 11.8 Å². The number of amides is 4. The summed E-state index contributed by atoms with van der Waals surface area (Å²) in [5, 5.41) is 21.7. The molecular formula is C40H49N17O4. The summed E-state index contributed by atoms with van der Waals surface area (Å²) in [6.45, 7) is 11.9. The molecule has 2 aliphatic heterocycles. The Morgan fingerprint density at radius 3 is 2.25 bits per heavy atom. The van der Waals surface area contributed by atoms with E-state index >= 15 is 0 Å². The van der Waals surface area contributed by atoms with Gasteiger partial charge in [0.1, 0.15) is 16.9 Å². The number of nitrogens with two attached hydrogens (primary N) is 3. The van der Waals surface area contributed by atoms with Crippen molar-refractivity contribution in [3.63, 3.8) is 0 Å². The summed E-state index contributed by atoms with van der Waals surface area (Å²) < 4.78 is 6.66. The molecule has 21 nitrogen and oxygen atoms in total. The predicted molar refractivity (Wildman–Crippen MR) is 229 cm³/mol. The molecule has 2 bridgehead atoms. The Labute approximate surface area is 349 Å². The minimum Gasteiger partial charge on any atom is -0.395 e. The summed E-state index contributed by atoms with van der Waals surface area (Å²) in [4.78, 5) is 68.5. The van der Waals surface area contributed by atoms with Crippen LogP contribution in [0.2, 0.25) is 0 Å². The van der Waals surface area contributed by atoms with Crippen LogP contribution in [0.25, 0.3) is 22.2 Å². The summed E-state index contributed by atoms with van der Waals surface area (Å²) in [7, 11) is 0. The molecule has 2 aliphatic rings. The van der Waals surface area contributed by atoms with E-state index in [1.807, 2.05) is 37.5 Å². The van der Waals surface area contributed by atoms with E-state index in [1.165, 1.54) is 16.9 Å². The van der Waals surface area contributed by atoms with Crippen molar-refractivity contribution in [2.75, 3.05) is 47.9 Å². The molecule has 4 amide bonds. The van der Waals surface area contributed by atoms with Crippen molar-refractivity contribution in [1.82, 2.24) is 53.9 Å². The van der Waals surface area contributed by atoms with Gasteiger partial charge in [-0.2, -0.15) is 10.2 Å². The molecule has 0 spiro atoms. The maximum Gasteiger partial charge on any atom is 0.278 e. The van der Waals surface area contributed by atoms with Crippen molar-refractivity contribution in [1.29, 1.82) is 0 Å². The Hall–Kier alpha value is -7.13. The number of imidazole rings is 2. The number of allylic oxidation sites excluding steroid dienone is 2. The Balaban J connectivity index is 1.13. The lowest BCUT2D eigenvalue weighted by atomic mass is 10.1. The van der Waals surface area contributed by atoms with Gasteiger partial charge in [0, 0.05) is 76.2 Å². The third-order valence-corrected chi connectivity index (χ3v) is 11.2. The topological polar surface area (TPSA) is 282 Å². The number of benzene rings is 1. The number of nitrogens with zero attached hydrogens (tertiary/aromatic N) is 10. The highest BCUT2D eigenvalue weighted by molar-refractivity contribution is 6.07. The second kappa shape index (κ2) is 16.5. The van der Waals surface area contributed by atoms with Crippen LogP contribution in [-0.4, -0.2) is 110 Å². The average molecular weight is 832 g/mol. The van der Waals surface area contributed by atoms with E-state index in [4.69, 9.17) is 22.2 Å². The average Bonchev–Trinajstić information content (AvgIpc) is 4.10. The number of nitrogens with one attached hydrogen (secondary N) is 4. The van der Waals surface area contributed by atoms with E-state index in [2.05, 4.69) is 46.3 Å². The predicted octanol–water partition coefficient (Wildman–Crippen LogP) is 1.83. The number of carbonyl (C=O) groups is 4. The van der Waals surface area contributed by atoms with Gasteiger partial charge in [-0.1, -0.05) is 12.2 Å². The minimum atomic E-state index is -0.675. The molecule has 5 aromatic heterocycles. The lowest BCUT2D eigenvalue weighted by Gasteiger charge is -2.27. The van der Waals surface area contributed by atoms with E-state index in [0.29, 0.717) is 76.7 Å². The van der Waals surface area contributed by atoms with Crippen LogP contribution >= 0.6 is 0 Å². The number of aryl methyl sites for hydroxylation is 4. The second-order valence-corrected chi connectivity index (χ2v) is 15.2. The van der Waals surface area contributed by atoms with Gasteiger partial charge in [-0.3, -0.25) is 48.6 Å². The van der Waals surface area contributed by atoms with Gasteiger partial charge in [-0.05, 0) is 58.4 Å². The molecular weight excluding hydrogens is 783 g/mol. The van der Waals surface area contributed by atoms with Gasteiger partial charge >= 0.3 is 0 Å². The van der Waals surface area contributed by atoms with Crippen molar-refractivity contribution in [2.24, 2.45) is 11.5 Å². The first-order valence-electron chi connectivity index (χ1n) is 20.2. The summed E-state index contributed by atoms with van der Waals surface area (Å²) in [5.74, 6) is -1.83. The summed E-state index contributed by atoms with van der Waals surface area (Å²) in [5.41, 5.74) is 22.5. The molecule has 2 saturated heterocycles. The molecule has 0 unspecified atom stereocenters. The fraction of sp³-hybridized carbons (Fsp3) is 0.375. The molecule has 61 heavy (non-hydrogen) atoms. The Morgan fingerprint density at radius 2 is 1.56 bits per heavy atom. The van der Waals surface area contributed by atoms with Crippen LogP contribution in [0.5, 0.6) is 0 Å². The Bertz CT molecular complexity index is 2740. The summed E-state index contributed by atoms with van der Waals surface area (Å²) in [6, 6.07) is 7.54. The van der Waals surface area contributed by atoms with Crippen molar-refractivity contribution in [3.8, 4) is 0 Å². The van der Waals surface area contributed by atoms with E-state index in [9.17, 15) is 19.2 Å². The normalized spacial score (nSPS) is 16.3. The smallest absolute Gasteiger partial charge is 0.278 e. The third kappa shape index (κ3) is 7.87. The number of primary amides is 2. The number of fused-ring (bicyclic) bond motifs is 4. The molecule has 318 valence electrons. The quantitative estimate of drug-likeness (QED) is 0.0687. The van der Waals surface area contributed by atoms with E-state index in [-0.39, 0.29) is 47.5 Å². The number of likely N-dealkylation sites (tertiary alicyclic amines) is 1. The highest BCUT2D eigenvalue weighted by Gasteiger charge is 2.37. The van der Waals surface area contributed by atoms with E-state index in [0.717, 1.165) is 26.1 Å². The van der Waals surface area contributed by atoms with Crippen LogP contribution in [0.4, 0.5) is 23.3 Å². The zero-order valence-corrected chi connectivity index (χ0v) is 34.4. The van der Waals surface area contributed by atoms with Crippen LogP contribution in [0.3, 0.4) is 0 Å². The first-order chi connectivity index (χ1) is 29.3. The molecule has 6 aromatic rings. The number of pyridine rings is 1. The number of carbonyl (C=O) groups excluding carboxylic acids is 4. The molecule has 21 heteroatoms. The molecule has 2 fully saturated rings. The van der Waals surface area contributed by atoms with Crippen LogP contribution in [0.1, 0.15) is 73.3 Å². The van der Waals surface area contributed by atoms with Gasteiger partial charge in [0.15, 0.2) is 5.65 Å². The molecule has 10 N–H and O–H groups in total. The molecule has 8 rings (SSSR count). The number of nitrogen functional groups attached to an aromatic ring is 1. The zero-order valence-electron chi connectivity index (χ0n) is 34.4. The van der Waals surface area contributed by atoms with Crippen molar-refractivity contribution in [3.05, 3.63) is 76.5 Å². The van der Waals surface area contributed by atoms with Crippen molar-refractivity contribution in [2.45, 2.75) is 72.4 Å². The lowest BCUT2D eigenvalue weighted by Crippen LogP contribution is -2.45. The van der Waals surface area contributed by atoms with Gasteiger partial charge in [0.2, 0.25) is 23.7 Å². The highest BCUT2D eigenvalue weighted by Crippen LogP contribution is 2.31. The fourth-order valence-corrected chi connectivity index (χ4v) is 8.21. The zero-order chi connectivity index (χ0) is 43.1. The fourth-order valence-electron chi connectivity index (χ4n) is 8.21. The molecule has 0 saturated carbocycles. The van der Waals surface area contributed by atoms with Crippen LogP contribution in [0.15, 0.2) is 42.6 Å². The molecule has 0 radical (unpaired) electrons. The summed E-state index contributed by atoms with van der Waals surface area (Å²) in [6.07, 6.45) is 6.21. The maximum absolute atomic E-state index is 13.8. The molecule has 0 aliphatic carbocycles. The minimum absolute atomic E-state index is 0.149. The second-order valence-electron chi connectivity index (χ2n) is 15.2. The Morgan fingerprint density at radius 1 is 0.869 bits per heavy atom. The molecule has 7 heterocycles. The van der Waals surface area contributed by atoms with Gasteiger partial charge in [0.05, 0.1) is 39.4 Å². The standard InChI is InChI=1S/C40H49N17O4/c1-5-56-30(13-21(3)51-56)37(60)49-39-47-28-15-23(34(42)58)14-27(44-9-12-53-20-25-17-26(53)19-45-25)32(28)54(39)10-7-8-11-55-36-29(16-24(18-46-36)35(43)59)48-40(55)50-38(61)33-31(41)22(4)52-57(33)6-2/h7-8,13-16,18,25-26,44-45H,5-6,9-12,17,19-20,41H2,1-4H3,(H2,42,58)(H2,43,59)(H,47,49,60)(H,48,50,61)/b8-7+/t25-,26-/m1/s1. The number of piperazine rings is 1. The van der Waals surface area contributed by atoms with Gasteiger partial charge in [-0.15, -0.1) is 0 Å². The molecule has 2 atom stereocenters. The number of hydrogen-bond acceptors (Lipinski definition) is 13. The van der Waals surface area contributed by atoms with Crippen molar-refractivity contribution >= 4 is 69.1 Å². The Kier molecular flexibility index (Phi) is 11.0. The van der Waals surface area contributed by atoms with E-state index in [1.54, 1.807) is 34.4 Å². The highest BCUT2D eigenvalue weighted by atomic mass is 16.2. The van der Waals surface area contributed by atoms with Crippen LogP contribution in [0, 0.1) is 13.8 Å². The first-order valence-corrected chi connectivity index (χ1v) is 20.2. The summed E-state index contributed by atoms with van der Waals surface area (Å²) >= 11 is 0. The number of aromatic nitrogens is 9. The maximum atomic E-state index is 13.8. The van der Waals surface area contributed by atoms with Crippen LogP contribution < -0.4 is 38.5 Å². The number of rotatable bonds is 16. The number of anilines is 4. The van der Waals surface area contributed by atoms with Crippen LogP contribution in [-0.2, 0) is 26.2 Å².